The van der Waals surface area contributed by atoms with Crippen molar-refractivity contribution in [3.63, 3.8) is 0 Å². The molecule has 3 fully saturated rings. The second-order valence-corrected chi connectivity index (χ2v) is 11.5. The fourth-order valence-electron chi connectivity index (χ4n) is 6.50. The Labute approximate surface area is 199 Å². The van der Waals surface area contributed by atoms with Crippen molar-refractivity contribution in [3.8, 4) is 0 Å². The molecule has 0 aromatic rings. The Morgan fingerprint density at radius 1 is 1.18 bits per heavy atom. The van der Waals surface area contributed by atoms with E-state index in [1.165, 1.54) is 19.4 Å². The minimum Gasteiger partial charge on any atom is -0.393 e. The van der Waals surface area contributed by atoms with E-state index in [0.717, 1.165) is 43.3 Å². The lowest BCUT2D eigenvalue weighted by atomic mass is 9.61. The Bertz CT molecular complexity index is 819. The molecule has 0 saturated heterocycles. The molecule has 5 N–H and O–H groups in total. The number of fused-ring (bicyclic) bond motifs is 1. The first-order valence-electron chi connectivity index (χ1n) is 12.5. The molecule has 0 bridgehead atoms. The van der Waals surface area contributed by atoms with E-state index >= 15 is 0 Å². The average molecular weight is 461 g/mol. The Balaban J connectivity index is 1.79. The third kappa shape index (κ3) is 5.23. The largest absolute Gasteiger partial charge is 0.393 e. The first kappa shape index (κ1) is 26.4. The van der Waals surface area contributed by atoms with Crippen LogP contribution in [0.5, 0.6) is 0 Å². The second kappa shape index (κ2) is 9.79. The third-order valence-electron chi connectivity index (χ3n) is 8.91. The summed E-state index contributed by atoms with van der Waals surface area (Å²) >= 11 is 0. The van der Waals surface area contributed by atoms with E-state index in [0.29, 0.717) is 24.7 Å². The van der Waals surface area contributed by atoms with Crippen LogP contribution in [0, 0.1) is 23.2 Å². The summed E-state index contributed by atoms with van der Waals surface area (Å²) in [5.74, 6) is 1.15. The Kier molecular flexibility index (Phi) is 7.82. The summed E-state index contributed by atoms with van der Waals surface area (Å²) in [6, 6.07) is 0. The van der Waals surface area contributed by atoms with Gasteiger partial charge in [0.15, 0.2) is 0 Å². The first-order chi connectivity index (χ1) is 15.3. The van der Waals surface area contributed by atoms with Crippen LogP contribution < -0.4 is 0 Å². The van der Waals surface area contributed by atoms with E-state index in [4.69, 9.17) is 0 Å². The quantitative estimate of drug-likeness (QED) is 0.388. The molecule has 0 heterocycles. The smallest absolute Gasteiger partial charge is 0.134 e. The van der Waals surface area contributed by atoms with Crippen LogP contribution in [0.4, 0.5) is 0 Å². The first-order valence-corrected chi connectivity index (χ1v) is 12.5. The Morgan fingerprint density at radius 2 is 1.88 bits per heavy atom. The van der Waals surface area contributed by atoms with Gasteiger partial charge in [0.2, 0.25) is 0 Å². The number of hydrogen-bond donors (Lipinski definition) is 5. The number of aliphatic hydroxyl groups is 5. The highest BCUT2D eigenvalue weighted by Crippen LogP contribution is 2.59. The Hall–Kier alpha value is -1.24. The number of hydrogen-bond acceptors (Lipinski definition) is 5. The van der Waals surface area contributed by atoms with Gasteiger partial charge in [0.25, 0.3) is 0 Å². The highest BCUT2D eigenvalue weighted by Gasteiger charge is 2.50. The van der Waals surface area contributed by atoms with Crippen molar-refractivity contribution in [2.24, 2.45) is 23.2 Å². The van der Waals surface area contributed by atoms with Gasteiger partial charge in [-0.1, -0.05) is 50.3 Å². The average Bonchev–Trinajstić information content (AvgIpc) is 3.10. The van der Waals surface area contributed by atoms with Gasteiger partial charge < -0.3 is 25.5 Å². The maximum atomic E-state index is 10.7. The van der Waals surface area contributed by atoms with Crippen LogP contribution >= 0.6 is 0 Å². The molecule has 7 atom stereocenters. The summed E-state index contributed by atoms with van der Waals surface area (Å²) in [4.78, 5) is 0. The zero-order valence-electron chi connectivity index (χ0n) is 20.8. The molecule has 0 spiro atoms. The van der Waals surface area contributed by atoms with Gasteiger partial charge in [-0.25, -0.2) is 0 Å². The molecule has 5 nitrogen and oxygen atoms in total. The molecule has 0 amide bonds. The molecule has 0 aliphatic heterocycles. The van der Waals surface area contributed by atoms with Crippen LogP contribution in [0.3, 0.4) is 0 Å². The lowest BCUT2D eigenvalue weighted by Crippen LogP contribution is -2.51. The molecule has 186 valence electrons. The van der Waals surface area contributed by atoms with Gasteiger partial charge in [-0.15, -0.1) is 0 Å². The number of rotatable bonds is 6. The van der Waals surface area contributed by atoms with Gasteiger partial charge in [0.1, 0.15) is 5.60 Å². The molecule has 5 heteroatoms. The summed E-state index contributed by atoms with van der Waals surface area (Å²) < 4.78 is 0. The van der Waals surface area contributed by atoms with Crippen molar-refractivity contribution in [1.82, 2.24) is 0 Å². The lowest BCUT2D eigenvalue weighted by Gasteiger charge is -2.44. The van der Waals surface area contributed by atoms with Crippen LogP contribution in [-0.4, -0.2) is 55.5 Å². The number of allylic oxidation sites excluding steroid dienone is 4. The molecule has 3 rings (SSSR count). The van der Waals surface area contributed by atoms with Crippen LogP contribution in [0.2, 0.25) is 0 Å². The highest BCUT2D eigenvalue weighted by atomic mass is 16.4. The molecule has 0 radical (unpaired) electrons. The zero-order chi connectivity index (χ0) is 24.6. The van der Waals surface area contributed by atoms with E-state index in [1.54, 1.807) is 6.08 Å². The summed E-state index contributed by atoms with van der Waals surface area (Å²) in [5, 5.41) is 50.9. The predicted octanol–water partition coefficient (Wildman–Crippen LogP) is 3.81. The monoisotopic (exact) mass is 460 g/mol. The maximum absolute atomic E-state index is 10.7. The molecule has 0 unspecified atom stereocenters. The van der Waals surface area contributed by atoms with Crippen molar-refractivity contribution < 1.29 is 25.5 Å². The fraction of sp³-hybridized carbons (Fsp3) is 0.714. The lowest BCUT2D eigenvalue weighted by molar-refractivity contribution is -0.123. The summed E-state index contributed by atoms with van der Waals surface area (Å²) in [7, 11) is 0. The third-order valence-corrected chi connectivity index (χ3v) is 8.91. The standard InChI is InChI=1S/C28H44O5/c1-18(12-14-28(33,17-29)26(3,4)32)23-10-11-24-20(7-6-13-27(23,24)5)8-9-21-15-22(30)16-25(31)19(21)2/h8-9,12,14,18,22-25,29-33H,2,6-7,10-11,13,15-17H2,1,3-5H3/b14-12+,20-8-,21-9-/t18-,22-,23-,24+,25+,27-,28+/m1/s1. The molecule has 3 aliphatic rings. The minimum atomic E-state index is -1.67. The summed E-state index contributed by atoms with van der Waals surface area (Å²) in [6.45, 7) is 11.1. The number of aliphatic hydroxyl groups excluding tert-OH is 3. The van der Waals surface area contributed by atoms with E-state index in [-0.39, 0.29) is 11.3 Å². The van der Waals surface area contributed by atoms with Gasteiger partial charge in [-0.3, -0.25) is 0 Å². The van der Waals surface area contributed by atoms with E-state index in [1.807, 2.05) is 6.08 Å². The molecular weight excluding hydrogens is 416 g/mol. The van der Waals surface area contributed by atoms with E-state index < -0.39 is 30.0 Å². The van der Waals surface area contributed by atoms with Crippen molar-refractivity contribution in [2.45, 2.75) is 96.1 Å². The van der Waals surface area contributed by atoms with Crippen molar-refractivity contribution in [3.05, 3.63) is 47.6 Å². The van der Waals surface area contributed by atoms with Crippen molar-refractivity contribution in [2.75, 3.05) is 6.61 Å². The second-order valence-electron chi connectivity index (χ2n) is 11.5. The fourth-order valence-corrected chi connectivity index (χ4v) is 6.50. The molecule has 3 aliphatic carbocycles. The minimum absolute atomic E-state index is 0.154. The summed E-state index contributed by atoms with van der Waals surface area (Å²) in [5.41, 5.74) is 0.172. The van der Waals surface area contributed by atoms with Crippen LogP contribution in [0.1, 0.15) is 72.6 Å². The zero-order valence-corrected chi connectivity index (χ0v) is 20.8. The summed E-state index contributed by atoms with van der Waals surface area (Å²) in [6.07, 6.45) is 13.1. The van der Waals surface area contributed by atoms with Crippen LogP contribution in [-0.2, 0) is 0 Å². The van der Waals surface area contributed by atoms with Crippen molar-refractivity contribution >= 4 is 0 Å². The predicted molar refractivity (Wildman–Crippen MR) is 131 cm³/mol. The van der Waals surface area contributed by atoms with Crippen LogP contribution in [0.25, 0.3) is 0 Å². The van der Waals surface area contributed by atoms with Gasteiger partial charge in [-0.05, 0) is 86.7 Å². The maximum Gasteiger partial charge on any atom is 0.134 e. The SMILES string of the molecule is C=C1/C(=C\C=C2\CCC[C@]3(C)[C@@H]([C@H](C)/C=C/[C@](O)(CO)C(C)(C)O)CC[C@@H]23)C[C@@H](O)C[C@@H]1O. The van der Waals surface area contributed by atoms with Crippen molar-refractivity contribution in [1.29, 1.82) is 0 Å². The van der Waals surface area contributed by atoms with Gasteiger partial charge in [-0.2, -0.15) is 0 Å². The molecule has 0 aromatic heterocycles. The molecule has 3 saturated carbocycles. The topological polar surface area (TPSA) is 101 Å². The highest BCUT2D eigenvalue weighted by molar-refractivity contribution is 5.38. The van der Waals surface area contributed by atoms with Gasteiger partial charge in [0, 0.05) is 6.42 Å². The van der Waals surface area contributed by atoms with Gasteiger partial charge in [0.05, 0.1) is 24.4 Å². The molecule has 0 aromatic carbocycles. The van der Waals surface area contributed by atoms with Gasteiger partial charge >= 0.3 is 0 Å². The van der Waals surface area contributed by atoms with E-state index in [9.17, 15) is 25.5 Å². The van der Waals surface area contributed by atoms with E-state index in [2.05, 4.69) is 32.6 Å². The Morgan fingerprint density at radius 3 is 2.52 bits per heavy atom. The normalized spacial score (nSPS) is 38.6. The molecule has 33 heavy (non-hydrogen) atoms. The van der Waals surface area contributed by atoms with Crippen LogP contribution in [0.15, 0.2) is 47.6 Å². The molecular formula is C28H44O5.